The SMILES string of the molecule is c1cnc2ccc(-c3ccc4c(c3)Oc3cc(-c5ccc6ncccc6c5)ccc3N4)cc2c1. The Bertz CT molecular complexity index is 1600. The number of aromatic nitrogens is 2. The van der Waals surface area contributed by atoms with Crippen LogP contribution in [0, 0.1) is 0 Å². The lowest BCUT2D eigenvalue weighted by molar-refractivity contribution is 0.481. The summed E-state index contributed by atoms with van der Waals surface area (Å²) in [6.07, 6.45) is 3.64. The second kappa shape index (κ2) is 7.42. The molecule has 1 aliphatic heterocycles. The highest BCUT2D eigenvalue weighted by Crippen LogP contribution is 2.45. The molecule has 0 atom stereocenters. The van der Waals surface area contributed by atoms with Crippen molar-refractivity contribution in [2.24, 2.45) is 0 Å². The van der Waals surface area contributed by atoms with Gasteiger partial charge in [0.1, 0.15) is 0 Å². The standard InChI is InChI=1S/C30H19N3O/c1-3-23-15-19(5-9-25(23)31-13-1)21-7-11-27-29(17-21)34-30-18-22(8-12-28(30)33-27)20-6-10-26-24(16-20)4-2-14-32-26/h1-18,33H. The summed E-state index contributed by atoms with van der Waals surface area (Å²) in [6.45, 7) is 0. The van der Waals surface area contributed by atoms with Gasteiger partial charge in [-0.25, -0.2) is 0 Å². The van der Waals surface area contributed by atoms with Crippen LogP contribution in [0.15, 0.2) is 109 Å². The first-order valence-corrected chi connectivity index (χ1v) is 11.2. The topological polar surface area (TPSA) is 47.0 Å². The van der Waals surface area contributed by atoms with Gasteiger partial charge in [-0.15, -0.1) is 0 Å². The zero-order valence-electron chi connectivity index (χ0n) is 18.2. The maximum atomic E-state index is 6.39. The molecule has 3 heterocycles. The summed E-state index contributed by atoms with van der Waals surface area (Å²) in [5.74, 6) is 1.63. The molecule has 1 N–H and O–H groups in total. The summed E-state index contributed by atoms with van der Waals surface area (Å²) in [7, 11) is 0. The molecular weight excluding hydrogens is 418 g/mol. The van der Waals surface area contributed by atoms with Gasteiger partial charge in [0.05, 0.1) is 22.4 Å². The fourth-order valence-corrected chi connectivity index (χ4v) is 4.55. The third kappa shape index (κ3) is 3.16. The average Bonchev–Trinajstić information content (AvgIpc) is 2.90. The molecule has 1 aliphatic rings. The lowest BCUT2D eigenvalue weighted by Crippen LogP contribution is -2.03. The normalized spacial score (nSPS) is 12.0. The largest absolute Gasteiger partial charge is 0.453 e. The number of pyridine rings is 2. The molecule has 34 heavy (non-hydrogen) atoms. The van der Waals surface area contributed by atoms with E-state index in [1.54, 1.807) is 0 Å². The van der Waals surface area contributed by atoms with Crippen LogP contribution in [0.3, 0.4) is 0 Å². The summed E-state index contributed by atoms with van der Waals surface area (Å²) in [5.41, 5.74) is 8.39. The van der Waals surface area contributed by atoms with Gasteiger partial charge < -0.3 is 10.1 Å². The number of nitrogens with one attached hydrogen (secondary N) is 1. The van der Waals surface area contributed by atoms with Crippen molar-refractivity contribution < 1.29 is 4.74 Å². The van der Waals surface area contributed by atoms with Crippen molar-refractivity contribution in [3.8, 4) is 33.8 Å². The maximum Gasteiger partial charge on any atom is 0.151 e. The molecule has 0 radical (unpaired) electrons. The summed E-state index contributed by atoms with van der Waals surface area (Å²) < 4.78 is 6.39. The Morgan fingerprint density at radius 2 is 0.971 bits per heavy atom. The van der Waals surface area contributed by atoms with E-state index in [1.165, 1.54) is 0 Å². The number of fused-ring (bicyclic) bond motifs is 4. The molecule has 160 valence electrons. The van der Waals surface area contributed by atoms with Crippen molar-refractivity contribution in [2.75, 3.05) is 5.32 Å². The number of anilines is 2. The number of ether oxygens (including phenoxy) is 1. The van der Waals surface area contributed by atoms with Crippen LogP contribution in [0.5, 0.6) is 11.5 Å². The molecule has 0 amide bonds. The lowest BCUT2D eigenvalue weighted by atomic mass is 10.0. The number of hydrogen-bond acceptors (Lipinski definition) is 4. The minimum atomic E-state index is 0.816. The molecule has 0 bridgehead atoms. The number of rotatable bonds is 2. The van der Waals surface area contributed by atoms with Crippen molar-refractivity contribution in [3.05, 3.63) is 109 Å². The first-order chi connectivity index (χ1) is 16.8. The summed E-state index contributed by atoms with van der Waals surface area (Å²) in [6, 6.07) is 33.3. The van der Waals surface area contributed by atoms with E-state index in [2.05, 4.69) is 100 Å². The Morgan fingerprint density at radius 3 is 1.50 bits per heavy atom. The van der Waals surface area contributed by atoms with Crippen LogP contribution in [0.1, 0.15) is 0 Å². The predicted octanol–water partition coefficient (Wildman–Crippen LogP) is 7.97. The highest BCUT2D eigenvalue weighted by atomic mass is 16.5. The number of hydrogen-bond donors (Lipinski definition) is 1. The van der Waals surface area contributed by atoms with Gasteiger partial charge >= 0.3 is 0 Å². The highest BCUT2D eigenvalue weighted by molar-refractivity contribution is 5.88. The van der Waals surface area contributed by atoms with Crippen LogP contribution in [0.25, 0.3) is 44.1 Å². The van der Waals surface area contributed by atoms with Gasteiger partial charge in [-0.2, -0.15) is 0 Å². The third-order valence-electron chi connectivity index (χ3n) is 6.33. The van der Waals surface area contributed by atoms with E-state index in [0.717, 1.165) is 66.9 Å². The first-order valence-electron chi connectivity index (χ1n) is 11.2. The smallest absolute Gasteiger partial charge is 0.151 e. The van der Waals surface area contributed by atoms with Gasteiger partial charge in [0.25, 0.3) is 0 Å². The predicted molar refractivity (Wildman–Crippen MR) is 138 cm³/mol. The number of nitrogens with zero attached hydrogens (tertiary/aromatic N) is 2. The monoisotopic (exact) mass is 437 g/mol. The van der Waals surface area contributed by atoms with Crippen molar-refractivity contribution in [2.45, 2.75) is 0 Å². The Hall–Kier alpha value is -4.70. The third-order valence-corrected chi connectivity index (χ3v) is 6.33. The fraction of sp³-hybridized carbons (Fsp3) is 0. The summed E-state index contributed by atoms with van der Waals surface area (Å²) in [5, 5.41) is 5.76. The molecular formula is C30H19N3O. The lowest BCUT2D eigenvalue weighted by Gasteiger charge is -2.23. The van der Waals surface area contributed by atoms with Gasteiger partial charge in [0.15, 0.2) is 11.5 Å². The zero-order valence-corrected chi connectivity index (χ0v) is 18.2. The molecule has 4 nitrogen and oxygen atoms in total. The molecule has 4 aromatic carbocycles. The molecule has 0 aliphatic carbocycles. The van der Waals surface area contributed by atoms with E-state index in [-0.39, 0.29) is 0 Å². The van der Waals surface area contributed by atoms with Gasteiger partial charge in [0, 0.05) is 23.2 Å². The van der Waals surface area contributed by atoms with E-state index in [4.69, 9.17) is 4.74 Å². The van der Waals surface area contributed by atoms with Gasteiger partial charge in [-0.1, -0.05) is 36.4 Å². The molecule has 2 aromatic heterocycles. The van der Waals surface area contributed by atoms with E-state index in [0.29, 0.717) is 0 Å². The van der Waals surface area contributed by atoms with Crippen molar-refractivity contribution in [1.29, 1.82) is 0 Å². The number of benzene rings is 4. The van der Waals surface area contributed by atoms with E-state index >= 15 is 0 Å². The van der Waals surface area contributed by atoms with Crippen LogP contribution in [-0.4, -0.2) is 9.97 Å². The van der Waals surface area contributed by atoms with Crippen LogP contribution in [0.2, 0.25) is 0 Å². The zero-order chi connectivity index (χ0) is 22.5. The van der Waals surface area contributed by atoms with Crippen molar-refractivity contribution in [3.63, 3.8) is 0 Å². The maximum absolute atomic E-state index is 6.39. The molecule has 0 unspecified atom stereocenters. The highest BCUT2D eigenvalue weighted by Gasteiger charge is 2.18. The van der Waals surface area contributed by atoms with Crippen LogP contribution < -0.4 is 10.1 Å². The fourth-order valence-electron chi connectivity index (χ4n) is 4.55. The average molecular weight is 438 g/mol. The van der Waals surface area contributed by atoms with Gasteiger partial charge in [-0.05, 0) is 82.9 Å². The molecule has 0 saturated heterocycles. The Kier molecular flexibility index (Phi) is 4.11. The minimum Gasteiger partial charge on any atom is -0.453 e. The molecule has 0 fully saturated rings. The van der Waals surface area contributed by atoms with Gasteiger partial charge in [-0.3, -0.25) is 9.97 Å². The van der Waals surface area contributed by atoms with Crippen LogP contribution >= 0.6 is 0 Å². The second-order valence-electron chi connectivity index (χ2n) is 8.47. The van der Waals surface area contributed by atoms with Gasteiger partial charge in [0.2, 0.25) is 0 Å². The van der Waals surface area contributed by atoms with Crippen LogP contribution in [-0.2, 0) is 0 Å². The first kappa shape index (κ1) is 18.8. The Balaban J connectivity index is 1.24. The Morgan fingerprint density at radius 1 is 0.500 bits per heavy atom. The summed E-state index contributed by atoms with van der Waals surface area (Å²) >= 11 is 0. The van der Waals surface area contributed by atoms with Crippen molar-refractivity contribution >= 4 is 33.2 Å². The second-order valence-corrected chi connectivity index (χ2v) is 8.47. The molecule has 6 aromatic rings. The molecule has 0 spiro atoms. The molecule has 0 saturated carbocycles. The molecule has 4 heteroatoms. The van der Waals surface area contributed by atoms with Crippen molar-refractivity contribution in [1.82, 2.24) is 9.97 Å². The Labute approximate surface area is 196 Å². The van der Waals surface area contributed by atoms with E-state index in [9.17, 15) is 0 Å². The minimum absolute atomic E-state index is 0.816. The molecule has 7 rings (SSSR count). The van der Waals surface area contributed by atoms with E-state index < -0.39 is 0 Å². The summed E-state index contributed by atoms with van der Waals surface area (Å²) in [4.78, 5) is 8.85. The van der Waals surface area contributed by atoms with Crippen LogP contribution in [0.4, 0.5) is 11.4 Å². The quantitative estimate of drug-likeness (QED) is 0.298. The van der Waals surface area contributed by atoms with E-state index in [1.807, 2.05) is 24.5 Å².